The number of fused-ring (bicyclic) bond motifs is 3. The van der Waals surface area contributed by atoms with Crippen LogP contribution >= 0.6 is 0 Å². The molecule has 0 amide bonds. The van der Waals surface area contributed by atoms with Crippen LogP contribution in [0.25, 0.3) is 32.9 Å². The van der Waals surface area contributed by atoms with Crippen LogP contribution in [0, 0.1) is 22.6 Å². The van der Waals surface area contributed by atoms with E-state index in [1.54, 1.807) is 18.3 Å². The summed E-state index contributed by atoms with van der Waals surface area (Å²) in [5.41, 5.74) is 0.973. The van der Waals surface area contributed by atoms with Crippen LogP contribution in [0.3, 0.4) is 0 Å². The van der Waals surface area contributed by atoms with Crippen molar-refractivity contribution in [3.05, 3.63) is 48.4 Å². The van der Waals surface area contributed by atoms with Crippen molar-refractivity contribution in [2.75, 3.05) is 38.6 Å². The number of hydrogen-bond acceptors (Lipinski definition) is 8. The van der Waals surface area contributed by atoms with E-state index in [9.17, 15) is 5.11 Å². The highest BCUT2D eigenvalue weighted by Gasteiger charge is 2.72. The number of nitrogens with one attached hydrogen (secondary N) is 2. The number of likely N-dealkylation sites (N-methyl/N-ethyl adjacent to an activating group) is 1. The lowest BCUT2D eigenvalue weighted by atomic mass is 9.76. The molecule has 3 unspecified atom stereocenters. The minimum Gasteiger partial charge on any atom is -0.508 e. The van der Waals surface area contributed by atoms with Gasteiger partial charge in [-0.2, -0.15) is 9.97 Å². The van der Waals surface area contributed by atoms with E-state index < -0.39 is 5.82 Å². The van der Waals surface area contributed by atoms with Gasteiger partial charge in [0.25, 0.3) is 0 Å². The molecule has 0 radical (unpaired) electrons. The molecule has 8 nitrogen and oxygen atoms in total. The quantitative estimate of drug-likeness (QED) is 0.298. The van der Waals surface area contributed by atoms with E-state index in [1.165, 1.54) is 0 Å². The van der Waals surface area contributed by atoms with Gasteiger partial charge in [-0.3, -0.25) is 4.98 Å². The third-order valence-electron chi connectivity index (χ3n) is 9.82. The zero-order chi connectivity index (χ0) is 28.5. The largest absolute Gasteiger partial charge is 0.508 e. The van der Waals surface area contributed by atoms with Gasteiger partial charge in [-0.15, -0.1) is 0 Å². The van der Waals surface area contributed by atoms with Crippen LogP contribution in [0.1, 0.15) is 33.6 Å². The lowest BCUT2D eigenvalue weighted by Crippen LogP contribution is -2.35. The van der Waals surface area contributed by atoms with Crippen LogP contribution < -0.4 is 15.4 Å². The van der Waals surface area contributed by atoms with Crippen molar-refractivity contribution in [3.8, 4) is 23.0 Å². The van der Waals surface area contributed by atoms with Gasteiger partial charge in [-0.1, -0.05) is 45.0 Å². The fraction of sp³-hybridized carbons (Fsp3) is 0.469. The maximum Gasteiger partial charge on any atom is 0.319 e. The minimum absolute atomic E-state index is 0.0520. The summed E-state index contributed by atoms with van der Waals surface area (Å²) in [6, 6.07) is 11.4. The molecule has 41 heavy (non-hydrogen) atoms. The predicted molar refractivity (Wildman–Crippen MR) is 159 cm³/mol. The number of phenolic OH excluding ortho intramolecular Hbond substituents is 1. The number of likely N-dealkylation sites (tertiary alicyclic amines) is 1. The summed E-state index contributed by atoms with van der Waals surface area (Å²) in [4.78, 5) is 16.2. The molecule has 3 aliphatic rings. The van der Waals surface area contributed by atoms with Gasteiger partial charge in [0.1, 0.15) is 29.4 Å². The van der Waals surface area contributed by atoms with Crippen molar-refractivity contribution in [1.82, 2.24) is 25.2 Å². The van der Waals surface area contributed by atoms with E-state index >= 15 is 4.39 Å². The fourth-order valence-electron chi connectivity index (χ4n) is 7.41. The molecule has 3 N–H and O–H groups in total. The van der Waals surface area contributed by atoms with Gasteiger partial charge in [0.2, 0.25) is 0 Å². The second-order valence-corrected chi connectivity index (χ2v) is 13.0. The standard InChI is InChI=1S/C32H37FN6O2/c1-31(2,3)32-17-34-15-24(32)28(32)37-29-23-14-35-26(22-13-20(40)12-18-8-5-6-10-21(18)22)25(33)27(23)36-30(38-29)41-16-19-9-7-11-39(19)4/h5-6,8,10,12-14,19,24,28,34,40H,7,9,11,15-17H2,1-4H3,(H,36,37,38)/t19-,24?,28?,32?/m0/s1. The van der Waals surface area contributed by atoms with E-state index in [4.69, 9.17) is 9.72 Å². The van der Waals surface area contributed by atoms with Crippen molar-refractivity contribution in [1.29, 1.82) is 0 Å². The topological polar surface area (TPSA) is 95.4 Å². The number of ether oxygens (including phenoxy) is 1. The number of phenols is 1. The summed E-state index contributed by atoms with van der Waals surface area (Å²) in [5, 5.41) is 19.8. The van der Waals surface area contributed by atoms with Crippen LogP contribution in [-0.4, -0.2) is 70.3 Å². The Morgan fingerprint density at radius 3 is 2.78 bits per heavy atom. The third kappa shape index (κ3) is 4.20. The first-order valence-electron chi connectivity index (χ1n) is 14.6. The Kier molecular flexibility index (Phi) is 6.10. The fourth-order valence-corrected chi connectivity index (χ4v) is 7.41. The van der Waals surface area contributed by atoms with Gasteiger partial charge in [0.05, 0.1) is 5.39 Å². The summed E-state index contributed by atoms with van der Waals surface area (Å²) in [6.45, 7) is 10.2. The van der Waals surface area contributed by atoms with Gasteiger partial charge in [-0.05, 0) is 54.8 Å². The molecule has 3 fully saturated rings. The normalized spacial score (nSPS) is 26.0. The lowest BCUT2D eigenvalue weighted by Gasteiger charge is -2.31. The first-order chi connectivity index (χ1) is 19.7. The average Bonchev–Trinajstić information content (AvgIpc) is 3.23. The van der Waals surface area contributed by atoms with E-state index in [-0.39, 0.29) is 45.9 Å². The molecule has 2 aromatic heterocycles. The third-order valence-corrected chi connectivity index (χ3v) is 9.82. The highest BCUT2D eigenvalue weighted by Crippen LogP contribution is 2.65. The Balaban J connectivity index is 1.33. The average molecular weight is 557 g/mol. The molecule has 4 aromatic rings. The van der Waals surface area contributed by atoms with Crippen LogP contribution in [0.2, 0.25) is 0 Å². The van der Waals surface area contributed by atoms with Gasteiger partial charge in [0.15, 0.2) is 5.82 Å². The number of nitrogens with zero attached hydrogens (tertiary/aromatic N) is 4. The maximum absolute atomic E-state index is 16.5. The number of benzene rings is 2. The Morgan fingerprint density at radius 1 is 1.20 bits per heavy atom. The Bertz CT molecular complexity index is 1660. The summed E-state index contributed by atoms with van der Waals surface area (Å²) in [5.74, 6) is 0.497. The highest BCUT2D eigenvalue weighted by molar-refractivity contribution is 5.99. The first-order valence-corrected chi connectivity index (χ1v) is 14.6. The zero-order valence-electron chi connectivity index (χ0n) is 24.0. The van der Waals surface area contributed by atoms with Crippen molar-refractivity contribution in [2.45, 2.75) is 45.7 Å². The molecular weight excluding hydrogens is 519 g/mol. The van der Waals surface area contributed by atoms with Crippen molar-refractivity contribution in [2.24, 2.45) is 16.7 Å². The smallest absolute Gasteiger partial charge is 0.319 e. The molecule has 4 heterocycles. The van der Waals surface area contributed by atoms with Crippen molar-refractivity contribution < 1.29 is 14.2 Å². The minimum atomic E-state index is -0.560. The molecule has 0 bridgehead atoms. The number of halogens is 1. The number of piperidine rings is 1. The zero-order valence-corrected chi connectivity index (χ0v) is 24.0. The molecule has 2 aliphatic heterocycles. The van der Waals surface area contributed by atoms with Gasteiger partial charge in [-0.25, -0.2) is 4.39 Å². The number of pyridine rings is 1. The monoisotopic (exact) mass is 556 g/mol. The molecule has 9 heteroatoms. The van der Waals surface area contributed by atoms with E-state index in [2.05, 4.69) is 53.3 Å². The van der Waals surface area contributed by atoms with Gasteiger partial charge in [0, 0.05) is 48.3 Å². The number of anilines is 1. The molecule has 214 valence electrons. The molecule has 1 saturated carbocycles. The number of aromatic nitrogens is 3. The van der Waals surface area contributed by atoms with Crippen LogP contribution in [0.15, 0.2) is 42.6 Å². The maximum atomic E-state index is 16.5. The molecule has 7 rings (SSSR count). The summed E-state index contributed by atoms with van der Waals surface area (Å²) in [6.07, 6.45) is 3.82. The molecule has 1 aliphatic carbocycles. The van der Waals surface area contributed by atoms with Gasteiger partial charge >= 0.3 is 6.01 Å². The Labute approximate surface area is 239 Å². The molecule has 0 spiro atoms. The van der Waals surface area contributed by atoms with E-state index in [1.807, 2.05) is 24.3 Å². The molecule has 4 atom stereocenters. The predicted octanol–water partition coefficient (Wildman–Crippen LogP) is 5.21. The first kappa shape index (κ1) is 26.3. The Morgan fingerprint density at radius 2 is 2.02 bits per heavy atom. The number of rotatable bonds is 6. The molecular formula is C32H37FN6O2. The van der Waals surface area contributed by atoms with E-state index in [0.29, 0.717) is 29.3 Å². The van der Waals surface area contributed by atoms with Crippen LogP contribution in [0.4, 0.5) is 10.2 Å². The second-order valence-electron chi connectivity index (χ2n) is 13.0. The van der Waals surface area contributed by atoms with Crippen LogP contribution in [-0.2, 0) is 0 Å². The highest BCUT2D eigenvalue weighted by atomic mass is 19.1. The van der Waals surface area contributed by atoms with E-state index in [0.717, 1.165) is 43.2 Å². The number of hydrogen-bond donors (Lipinski definition) is 3. The summed E-state index contributed by atoms with van der Waals surface area (Å²) >= 11 is 0. The van der Waals surface area contributed by atoms with Crippen molar-refractivity contribution >= 4 is 27.5 Å². The second kappa shape index (κ2) is 9.49. The SMILES string of the molecule is CN1CCC[C@H]1COc1nc(NC2C3CNCC32C(C)(C)C)c2cnc(-c3cc(O)cc4ccccc34)c(F)c2n1. The number of aromatic hydroxyl groups is 1. The molecule has 2 aromatic carbocycles. The summed E-state index contributed by atoms with van der Waals surface area (Å²) < 4.78 is 22.6. The summed E-state index contributed by atoms with van der Waals surface area (Å²) in [7, 11) is 2.10. The van der Waals surface area contributed by atoms with Gasteiger partial charge < -0.3 is 25.4 Å². The lowest BCUT2D eigenvalue weighted by molar-refractivity contribution is 0.188. The van der Waals surface area contributed by atoms with Crippen LogP contribution in [0.5, 0.6) is 11.8 Å². The Hall–Kier alpha value is -3.56. The van der Waals surface area contributed by atoms with Crippen molar-refractivity contribution in [3.63, 3.8) is 0 Å². The molecule has 2 saturated heterocycles.